The lowest BCUT2D eigenvalue weighted by atomic mass is 10.0. The maximum atomic E-state index is 5.61. The molecule has 1 heterocycles. The van der Waals surface area contributed by atoms with Gasteiger partial charge >= 0.3 is 0 Å². The van der Waals surface area contributed by atoms with Gasteiger partial charge in [0.15, 0.2) is 0 Å². The molecule has 1 saturated heterocycles. The lowest BCUT2D eigenvalue weighted by Crippen LogP contribution is -2.57. The molecule has 0 amide bonds. The molecule has 1 fully saturated rings. The van der Waals surface area contributed by atoms with Gasteiger partial charge < -0.3 is 15.0 Å². The number of nitrogens with zero attached hydrogens (tertiary/aromatic N) is 1. The summed E-state index contributed by atoms with van der Waals surface area (Å²) in [4.78, 5) is 2.43. The van der Waals surface area contributed by atoms with E-state index in [9.17, 15) is 0 Å². The maximum absolute atomic E-state index is 5.61. The number of ether oxygens (including phenoxy) is 1. The fourth-order valence-corrected chi connectivity index (χ4v) is 2.33. The molecule has 0 aliphatic carbocycles. The van der Waals surface area contributed by atoms with Gasteiger partial charge in [-0.3, -0.25) is 0 Å². The molecule has 0 atom stereocenters. The number of rotatable bonds is 4. The number of nitrogens with one attached hydrogen (secondary N) is 1. The van der Waals surface area contributed by atoms with Gasteiger partial charge in [-0.25, -0.2) is 0 Å². The third kappa shape index (κ3) is 3.39. The Kier molecular flexibility index (Phi) is 4.12. The van der Waals surface area contributed by atoms with Gasteiger partial charge in [-0.2, -0.15) is 0 Å². The van der Waals surface area contributed by atoms with Crippen molar-refractivity contribution < 1.29 is 4.74 Å². The Morgan fingerprint density at radius 3 is 2.61 bits per heavy atom. The zero-order valence-corrected chi connectivity index (χ0v) is 11.7. The molecule has 18 heavy (non-hydrogen) atoms. The largest absolute Gasteiger partial charge is 0.494 e. The second-order valence-corrected chi connectivity index (χ2v) is 5.57. The molecule has 0 aromatic heterocycles. The summed E-state index contributed by atoms with van der Waals surface area (Å²) in [5, 5.41) is 3.53. The molecule has 0 bridgehead atoms. The average Bonchev–Trinajstić information content (AvgIpc) is 2.36. The zero-order valence-electron chi connectivity index (χ0n) is 11.7. The normalized spacial score (nSPS) is 18.7. The van der Waals surface area contributed by atoms with Crippen LogP contribution in [-0.4, -0.2) is 31.8 Å². The van der Waals surface area contributed by atoms with Crippen molar-refractivity contribution in [3.05, 3.63) is 24.3 Å². The first-order chi connectivity index (χ1) is 8.61. The van der Waals surface area contributed by atoms with E-state index in [1.54, 1.807) is 0 Å². The molecule has 1 aromatic rings. The number of piperazine rings is 1. The minimum absolute atomic E-state index is 0.190. The Morgan fingerprint density at radius 1 is 1.28 bits per heavy atom. The van der Waals surface area contributed by atoms with Gasteiger partial charge in [0.05, 0.1) is 6.61 Å². The third-order valence-electron chi connectivity index (χ3n) is 3.25. The van der Waals surface area contributed by atoms with Crippen LogP contribution >= 0.6 is 0 Å². The number of anilines is 1. The molecule has 2 rings (SSSR count). The first kappa shape index (κ1) is 13.2. The molecule has 1 N–H and O–H groups in total. The molecule has 100 valence electrons. The van der Waals surface area contributed by atoms with E-state index in [1.165, 1.54) is 5.69 Å². The van der Waals surface area contributed by atoms with E-state index in [1.807, 2.05) is 0 Å². The van der Waals surface area contributed by atoms with Gasteiger partial charge in [0.1, 0.15) is 5.75 Å². The predicted molar refractivity (Wildman–Crippen MR) is 76.5 cm³/mol. The topological polar surface area (TPSA) is 24.5 Å². The lowest BCUT2D eigenvalue weighted by Gasteiger charge is -2.40. The SMILES string of the molecule is CCCOc1ccc(N2CCNC(C)(C)C2)cc1. The maximum Gasteiger partial charge on any atom is 0.119 e. The second-order valence-electron chi connectivity index (χ2n) is 5.57. The third-order valence-corrected chi connectivity index (χ3v) is 3.25. The first-order valence-electron chi connectivity index (χ1n) is 6.83. The molecule has 0 radical (unpaired) electrons. The Balaban J connectivity index is 2.00. The van der Waals surface area contributed by atoms with Crippen LogP contribution in [0.4, 0.5) is 5.69 Å². The summed E-state index contributed by atoms with van der Waals surface area (Å²) in [6.07, 6.45) is 1.05. The smallest absolute Gasteiger partial charge is 0.119 e. The van der Waals surface area contributed by atoms with Crippen molar-refractivity contribution in [2.75, 3.05) is 31.1 Å². The molecule has 0 spiro atoms. The van der Waals surface area contributed by atoms with Gasteiger partial charge in [-0.05, 0) is 44.5 Å². The van der Waals surface area contributed by atoms with Crippen LogP contribution in [0.3, 0.4) is 0 Å². The van der Waals surface area contributed by atoms with Crippen LogP contribution in [0.5, 0.6) is 5.75 Å². The molecule has 1 aliphatic heterocycles. The highest BCUT2D eigenvalue weighted by Crippen LogP contribution is 2.22. The Hall–Kier alpha value is -1.22. The first-order valence-corrected chi connectivity index (χ1v) is 6.83. The van der Waals surface area contributed by atoms with E-state index in [-0.39, 0.29) is 5.54 Å². The molecule has 1 aliphatic rings. The van der Waals surface area contributed by atoms with Crippen LogP contribution in [-0.2, 0) is 0 Å². The van der Waals surface area contributed by atoms with Crippen molar-refractivity contribution in [2.24, 2.45) is 0 Å². The fraction of sp³-hybridized carbons (Fsp3) is 0.600. The minimum Gasteiger partial charge on any atom is -0.494 e. The van der Waals surface area contributed by atoms with E-state index >= 15 is 0 Å². The molecule has 0 unspecified atom stereocenters. The Bertz CT molecular complexity index is 373. The number of hydrogen-bond donors (Lipinski definition) is 1. The summed E-state index contributed by atoms with van der Waals surface area (Å²) >= 11 is 0. The lowest BCUT2D eigenvalue weighted by molar-refractivity contribution is 0.317. The van der Waals surface area contributed by atoms with Gasteiger partial charge in [0.2, 0.25) is 0 Å². The van der Waals surface area contributed by atoms with Crippen molar-refractivity contribution in [1.82, 2.24) is 5.32 Å². The van der Waals surface area contributed by atoms with E-state index in [4.69, 9.17) is 4.74 Å². The molecular weight excluding hydrogens is 224 g/mol. The number of benzene rings is 1. The number of hydrogen-bond acceptors (Lipinski definition) is 3. The zero-order chi connectivity index (χ0) is 13.0. The quantitative estimate of drug-likeness (QED) is 0.886. The highest BCUT2D eigenvalue weighted by atomic mass is 16.5. The molecule has 0 saturated carbocycles. The minimum atomic E-state index is 0.190. The monoisotopic (exact) mass is 248 g/mol. The van der Waals surface area contributed by atoms with Crippen molar-refractivity contribution >= 4 is 5.69 Å². The predicted octanol–water partition coefficient (Wildman–Crippen LogP) is 2.66. The van der Waals surface area contributed by atoms with Gasteiger partial charge in [-0.1, -0.05) is 6.92 Å². The molecule has 3 heteroatoms. The standard InChI is InChI=1S/C15H24N2O/c1-4-11-18-14-7-5-13(6-8-14)17-10-9-16-15(2,3)12-17/h5-8,16H,4,9-12H2,1-3H3. The van der Waals surface area contributed by atoms with E-state index in [0.717, 1.165) is 38.4 Å². The highest BCUT2D eigenvalue weighted by Gasteiger charge is 2.25. The summed E-state index contributed by atoms with van der Waals surface area (Å²) in [6.45, 7) is 10.6. The van der Waals surface area contributed by atoms with E-state index < -0.39 is 0 Å². The highest BCUT2D eigenvalue weighted by molar-refractivity contribution is 5.50. The van der Waals surface area contributed by atoms with Gasteiger partial charge in [-0.15, -0.1) is 0 Å². The van der Waals surface area contributed by atoms with Crippen LogP contribution in [0, 0.1) is 0 Å². The second kappa shape index (κ2) is 5.61. The van der Waals surface area contributed by atoms with Crippen LogP contribution in [0.25, 0.3) is 0 Å². The Labute approximate surface area is 110 Å². The van der Waals surface area contributed by atoms with Crippen molar-refractivity contribution in [1.29, 1.82) is 0 Å². The van der Waals surface area contributed by atoms with Crippen molar-refractivity contribution in [3.8, 4) is 5.75 Å². The average molecular weight is 248 g/mol. The van der Waals surface area contributed by atoms with E-state index in [0.29, 0.717) is 0 Å². The van der Waals surface area contributed by atoms with Crippen LogP contribution < -0.4 is 15.0 Å². The van der Waals surface area contributed by atoms with Crippen LogP contribution in [0.1, 0.15) is 27.2 Å². The van der Waals surface area contributed by atoms with Gasteiger partial charge in [0.25, 0.3) is 0 Å². The van der Waals surface area contributed by atoms with Gasteiger partial charge in [0, 0.05) is 30.9 Å². The summed E-state index contributed by atoms with van der Waals surface area (Å²) in [7, 11) is 0. The van der Waals surface area contributed by atoms with Crippen molar-refractivity contribution in [2.45, 2.75) is 32.7 Å². The summed E-state index contributed by atoms with van der Waals surface area (Å²) < 4.78 is 5.61. The molecule has 3 nitrogen and oxygen atoms in total. The van der Waals surface area contributed by atoms with Crippen LogP contribution in [0.15, 0.2) is 24.3 Å². The Morgan fingerprint density at radius 2 is 2.00 bits per heavy atom. The van der Waals surface area contributed by atoms with E-state index in [2.05, 4.69) is 55.3 Å². The molecular formula is C15H24N2O. The summed E-state index contributed by atoms with van der Waals surface area (Å²) in [6, 6.07) is 8.46. The van der Waals surface area contributed by atoms with Crippen LogP contribution in [0.2, 0.25) is 0 Å². The van der Waals surface area contributed by atoms with Crippen molar-refractivity contribution in [3.63, 3.8) is 0 Å². The fourth-order valence-electron chi connectivity index (χ4n) is 2.33. The molecule has 1 aromatic carbocycles. The summed E-state index contributed by atoms with van der Waals surface area (Å²) in [5.74, 6) is 0.968. The summed E-state index contributed by atoms with van der Waals surface area (Å²) in [5.41, 5.74) is 1.48.